The first-order valence-electron chi connectivity index (χ1n) is 3.07. The normalized spacial score (nSPS) is 10.6. The number of phenols is 1. The third-order valence-corrected chi connectivity index (χ3v) is 1.02. The summed E-state index contributed by atoms with van der Waals surface area (Å²) in [5, 5.41) is 9.03. The van der Waals surface area contributed by atoms with E-state index in [9.17, 15) is 0 Å². The van der Waals surface area contributed by atoms with Gasteiger partial charge in [0, 0.05) is 0 Å². The van der Waals surface area contributed by atoms with Crippen LogP contribution in [0.1, 0.15) is 1.37 Å². The minimum absolute atomic E-state index is 0.0681. The van der Waals surface area contributed by atoms with Crippen molar-refractivity contribution in [2.75, 3.05) is 7.11 Å². The molecule has 0 saturated carbocycles. The zero-order valence-electron chi connectivity index (χ0n) is 6.09. The predicted molar refractivity (Wildman–Crippen MR) is 34.7 cm³/mol. The number of ether oxygens (including phenoxy) is 1. The third kappa shape index (κ3) is 1.13. The summed E-state index contributed by atoms with van der Waals surface area (Å²) in [6.45, 7) is 0. The summed E-state index contributed by atoms with van der Waals surface area (Å²) in [5.41, 5.74) is 0. The Labute approximate surface area is 55.1 Å². The molecule has 0 unspecified atom stereocenters. The van der Waals surface area contributed by atoms with Gasteiger partial charge in [0.05, 0.1) is 8.48 Å². The van der Waals surface area contributed by atoms with Crippen LogP contribution < -0.4 is 4.74 Å². The average Bonchev–Trinajstić information content (AvgIpc) is 1.94. The van der Waals surface area contributed by atoms with Crippen LogP contribution in [0.25, 0.3) is 0 Å². The summed E-state index contributed by atoms with van der Waals surface area (Å²) in [7, 11) is 1.45. The van der Waals surface area contributed by atoms with E-state index in [1.165, 1.54) is 25.3 Å². The van der Waals surface area contributed by atoms with E-state index in [0.717, 1.165) is 0 Å². The third-order valence-electron chi connectivity index (χ3n) is 1.02. The molecule has 1 N–H and O–H groups in total. The van der Waals surface area contributed by atoms with Crippen molar-refractivity contribution in [2.45, 2.75) is 0 Å². The topological polar surface area (TPSA) is 29.5 Å². The van der Waals surface area contributed by atoms with Crippen LogP contribution in [0.4, 0.5) is 0 Å². The standard InChI is InChI=1S/C7H8O2/c1-9-7-5-3-2-4-6(7)8/h2-5,8H,1H3/i3D. The number of rotatable bonds is 1. The highest BCUT2D eigenvalue weighted by atomic mass is 16.5. The molecule has 0 aliphatic carbocycles. The Bertz CT molecular complexity index is 235. The van der Waals surface area contributed by atoms with Crippen molar-refractivity contribution in [3.05, 3.63) is 24.2 Å². The highest BCUT2D eigenvalue weighted by Gasteiger charge is 1.94. The van der Waals surface area contributed by atoms with Crippen LogP contribution in [0.5, 0.6) is 11.5 Å². The second-order valence-corrected chi connectivity index (χ2v) is 1.60. The molecule has 0 amide bonds. The summed E-state index contributed by atoms with van der Waals surface area (Å²) in [4.78, 5) is 0. The maximum Gasteiger partial charge on any atom is 0.160 e. The molecule has 0 aliphatic rings. The van der Waals surface area contributed by atoms with E-state index >= 15 is 0 Å². The van der Waals surface area contributed by atoms with Gasteiger partial charge in [0.1, 0.15) is 0 Å². The number of hydrogen-bond acceptors (Lipinski definition) is 2. The fraction of sp³-hybridized carbons (Fsp3) is 0.143. The van der Waals surface area contributed by atoms with E-state index in [-0.39, 0.29) is 5.75 Å². The molecule has 48 valence electrons. The molecule has 0 saturated heterocycles. The lowest BCUT2D eigenvalue weighted by atomic mass is 10.3. The summed E-state index contributed by atoms with van der Waals surface area (Å²) in [5.74, 6) is 0.408. The van der Waals surface area contributed by atoms with Crippen LogP contribution in [0, 0.1) is 0 Å². The van der Waals surface area contributed by atoms with E-state index < -0.39 is 0 Å². The van der Waals surface area contributed by atoms with Crippen molar-refractivity contribution < 1.29 is 11.2 Å². The van der Waals surface area contributed by atoms with Gasteiger partial charge in [0.2, 0.25) is 0 Å². The fourth-order valence-corrected chi connectivity index (χ4v) is 0.570. The largest absolute Gasteiger partial charge is 0.504 e. The Balaban J connectivity index is 3.09. The molecule has 1 aromatic carbocycles. The maximum atomic E-state index is 9.03. The smallest absolute Gasteiger partial charge is 0.160 e. The summed E-state index contributed by atoms with van der Waals surface area (Å²) >= 11 is 0. The molecule has 1 aromatic rings. The minimum Gasteiger partial charge on any atom is -0.504 e. The first-order chi connectivity index (χ1) is 4.74. The molecule has 0 spiro atoms. The number of methoxy groups -OCH3 is 1. The number of phenolic OH excluding ortho intramolecular Hbond substituents is 1. The van der Waals surface area contributed by atoms with Crippen LogP contribution in [0.2, 0.25) is 0 Å². The monoisotopic (exact) mass is 125 g/mol. The number of aromatic hydroxyl groups is 1. The molecule has 1 rings (SSSR count). The van der Waals surface area contributed by atoms with Crippen LogP contribution >= 0.6 is 0 Å². The van der Waals surface area contributed by atoms with Crippen LogP contribution in [-0.4, -0.2) is 12.2 Å². The number of benzene rings is 1. The van der Waals surface area contributed by atoms with Gasteiger partial charge in [-0.3, -0.25) is 0 Å². The Morgan fingerprint density at radius 1 is 1.67 bits per heavy atom. The molecule has 2 nitrogen and oxygen atoms in total. The van der Waals surface area contributed by atoms with Crippen molar-refractivity contribution in [1.29, 1.82) is 0 Å². The van der Waals surface area contributed by atoms with E-state index in [4.69, 9.17) is 11.2 Å². The van der Waals surface area contributed by atoms with Gasteiger partial charge in [-0.15, -0.1) is 0 Å². The van der Waals surface area contributed by atoms with Gasteiger partial charge in [-0.25, -0.2) is 0 Å². The molecule has 0 fully saturated rings. The number of hydrogen-bond donors (Lipinski definition) is 1. The fourth-order valence-electron chi connectivity index (χ4n) is 0.570. The van der Waals surface area contributed by atoms with Gasteiger partial charge >= 0.3 is 0 Å². The Morgan fingerprint density at radius 3 is 3.00 bits per heavy atom. The van der Waals surface area contributed by atoms with Crippen LogP contribution in [0.15, 0.2) is 24.2 Å². The zero-order chi connectivity index (χ0) is 7.56. The second kappa shape index (κ2) is 2.40. The molecule has 9 heavy (non-hydrogen) atoms. The van der Waals surface area contributed by atoms with Crippen LogP contribution in [-0.2, 0) is 0 Å². The van der Waals surface area contributed by atoms with Crippen molar-refractivity contribution >= 4 is 0 Å². The molecule has 0 atom stereocenters. The van der Waals surface area contributed by atoms with Gasteiger partial charge in [0.15, 0.2) is 11.5 Å². The van der Waals surface area contributed by atoms with Crippen molar-refractivity contribution in [3.63, 3.8) is 0 Å². The summed E-state index contributed by atoms with van der Waals surface area (Å²) in [6.07, 6.45) is 0. The van der Waals surface area contributed by atoms with E-state index in [1.54, 1.807) is 0 Å². The maximum absolute atomic E-state index is 9.03. The zero-order valence-corrected chi connectivity index (χ0v) is 5.09. The molecule has 2 heteroatoms. The van der Waals surface area contributed by atoms with Crippen LogP contribution in [0.3, 0.4) is 0 Å². The Kier molecular flexibility index (Phi) is 1.24. The molecule has 0 aliphatic heterocycles. The lowest BCUT2D eigenvalue weighted by Gasteiger charge is -1.99. The Hall–Kier alpha value is -1.18. The van der Waals surface area contributed by atoms with Gasteiger partial charge in [-0.05, 0) is 12.1 Å². The summed E-state index contributed by atoms with van der Waals surface area (Å²) in [6, 6.07) is 4.71. The first-order valence-corrected chi connectivity index (χ1v) is 2.57. The summed E-state index contributed by atoms with van der Waals surface area (Å²) < 4.78 is 11.9. The lowest BCUT2D eigenvalue weighted by molar-refractivity contribution is 0.373. The first kappa shape index (κ1) is 4.68. The van der Waals surface area contributed by atoms with Crippen molar-refractivity contribution in [1.82, 2.24) is 0 Å². The van der Waals surface area contributed by atoms with E-state index in [2.05, 4.69) is 0 Å². The SMILES string of the molecule is [2H]c1ccc(O)c(OC)c1. The molecule has 0 heterocycles. The van der Waals surface area contributed by atoms with Crippen molar-refractivity contribution in [2.24, 2.45) is 0 Å². The lowest BCUT2D eigenvalue weighted by Crippen LogP contribution is -1.80. The highest BCUT2D eigenvalue weighted by molar-refractivity contribution is 5.37. The average molecular weight is 125 g/mol. The van der Waals surface area contributed by atoms with Crippen molar-refractivity contribution in [3.8, 4) is 11.5 Å². The molecular weight excluding hydrogens is 116 g/mol. The Morgan fingerprint density at radius 2 is 2.44 bits per heavy atom. The molecule has 0 aromatic heterocycles. The molecule has 0 radical (unpaired) electrons. The van der Waals surface area contributed by atoms with Gasteiger partial charge in [-0.1, -0.05) is 12.1 Å². The molecule has 0 bridgehead atoms. The van der Waals surface area contributed by atoms with E-state index in [0.29, 0.717) is 11.8 Å². The second-order valence-electron chi connectivity index (χ2n) is 1.60. The van der Waals surface area contributed by atoms with Gasteiger partial charge < -0.3 is 9.84 Å². The number of para-hydroxylation sites is 2. The predicted octanol–water partition coefficient (Wildman–Crippen LogP) is 1.40. The van der Waals surface area contributed by atoms with Gasteiger partial charge in [0.25, 0.3) is 0 Å². The minimum atomic E-state index is 0.0681. The highest BCUT2D eigenvalue weighted by Crippen LogP contribution is 2.22. The quantitative estimate of drug-likeness (QED) is 0.614. The van der Waals surface area contributed by atoms with Gasteiger partial charge in [-0.2, -0.15) is 0 Å². The van der Waals surface area contributed by atoms with E-state index in [1.807, 2.05) is 0 Å². The molecular formula is C7H8O2.